The molecular formula is C31H31ClN8O3. The van der Waals surface area contributed by atoms with E-state index >= 15 is 0 Å². The molecule has 6 rings (SSSR count). The minimum absolute atomic E-state index is 0.0238. The Hall–Kier alpha value is -4.77. The summed E-state index contributed by atoms with van der Waals surface area (Å²) in [6, 6.07) is 11.1. The minimum Gasteiger partial charge on any atom is -0.383 e. The second-order valence-corrected chi connectivity index (χ2v) is 11.2. The number of aryl methyl sites for hydroxylation is 2. The monoisotopic (exact) mass is 598 g/mol. The maximum absolute atomic E-state index is 13.6. The van der Waals surface area contributed by atoms with E-state index in [1.54, 1.807) is 54.9 Å². The third-order valence-electron chi connectivity index (χ3n) is 7.98. The second kappa shape index (κ2) is 11.1. The SMILES string of the molecule is CNC(=O)c1ccc(-c2nc(Cl)ccc2NCCc2cc(C)cc3c(=O)n(C)c4c(cnn4C4CN(C(C)=O)C4)c23)cn1. The molecule has 1 aromatic carbocycles. The Labute approximate surface area is 252 Å². The van der Waals surface area contributed by atoms with Crippen molar-refractivity contribution in [2.45, 2.75) is 26.3 Å². The lowest BCUT2D eigenvalue weighted by Crippen LogP contribution is -2.50. The molecule has 5 aromatic rings. The van der Waals surface area contributed by atoms with Crippen LogP contribution in [0.25, 0.3) is 33.1 Å². The molecule has 1 aliphatic rings. The predicted octanol–water partition coefficient (Wildman–Crippen LogP) is 3.72. The third kappa shape index (κ3) is 5.10. The van der Waals surface area contributed by atoms with E-state index in [9.17, 15) is 14.4 Å². The fourth-order valence-electron chi connectivity index (χ4n) is 5.75. The first-order valence-electron chi connectivity index (χ1n) is 14.0. The molecule has 0 aliphatic carbocycles. The van der Waals surface area contributed by atoms with Gasteiger partial charge in [-0.3, -0.25) is 23.9 Å². The summed E-state index contributed by atoms with van der Waals surface area (Å²) in [6.07, 6.45) is 4.06. The molecular weight excluding hydrogens is 568 g/mol. The quantitative estimate of drug-likeness (QED) is 0.273. The summed E-state index contributed by atoms with van der Waals surface area (Å²) in [5.41, 5.74) is 5.11. The lowest BCUT2D eigenvalue weighted by molar-refractivity contribution is -0.134. The van der Waals surface area contributed by atoms with Crippen molar-refractivity contribution in [2.24, 2.45) is 7.05 Å². The van der Waals surface area contributed by atoms with E-state index in [0.29, 0.717) is 48.0 Å². The minimum atomic E-state index is -0.269. The summed E-state index contributed by atoms with van der Waals surface area (Å²) >= 11 is 6.25. The van der Waals surface area contributed by atoms with Crippen LogP contribution in [0.5, 0.6) is 0 Å². The van der Waals surface area contributed by atoms with E-state index in [1.807, 2.05) is 29.9 Å². The van der Waals surface area contributed by atoms with E-state index in [0.717, 1.165) is 38.8 Å². The van der Waals surface area contributed by atoms with Crippen molar-refractivity contribution >= 4 is 50.9 Å². The van der Waals surface area contributed by atoms with E-state index in [4.69, 9.17) is 11.6 Å². The smallest absolute Gasteiger partial charge is 0.269 e. The van der Waals surface area contributed by atoms with Crippen LogP contribution in [0.3, 0.4) is 0 Å². The van der Waals surface area contributed by atoms with Crippen molar-refractivity contribution in [1.29, 1.82) is 0 Å². The zero-order valence-corrected chi connectivity index (χ0v) is 25.1. The number of benzene rings is 1. The number of nitrogens with one attached hydrogen (secondary N) is 2. The van der Waals surface area contributed by atoms with Crippen LogP contribution in [0.4, 0.5) is 5.69 Å². The first kappa shape index (κ1) is 28.4. The van der Waals surface area contributed by atoms with Gasteiger partial charge in [0.05, 0.1) is 23.6 Å². The number of fused-ring (bicyclic) bond motifs is 3. The van der Waals surface area contributed by atoms with Crippen LogP contribution in [0.1, 0.15) is 34.6 Å². The maximum atomic E-state index is 13.6. The number of amides is 2. The highest BCUT2D eigenvalue weighted by Crippen LogP contribution is 2.32. The van der Waals surface area contributed by atoms with Crippen molar-refractivity contribution in [3.05, 3.63) is 81.1 Å². The molecule has 4 aromatic heterocycles. The predicted molar refractivity (Wildman–Crippen MR) is 167 cm³/mol. The molecule has 2 N–H and O–H groups in total. The van der Waals surface area contributed by atoms with Gasteiger partial charge in [0, 0.05) is 68.6 Å². The highest BCUT2D eigenvalue weighted by molar-refractivity contribution is 6.29. The molecule has 0 spiro atoms. The fraction of sp³-hybridized carbons (Fsp3) is 0.290. The van der Waals surface area contributed by atoms with Gasteiger partial charge in [-0.2, -0.15) is 5.10 Å². The summed E-state index contributed by atoms with van der Waals surface area (Å²) in [4.78, 5) is 47.8. The number of likely N-dealkylation sites (tertiary alicyclic amines) is 1. The van der Waals surface area contributed by atoms with Gasteiger partial charge in [0.1, 0.15) is 16.5 Å². The summed E-state index contributed by atoms with van der Waals surface area (Å²) < 4.78 is 3.55. The maximum Gasteiger partial charge on any atom is 0.269 e. The van der Waals surface area contributed by atoms with Gasteiger partial charge in [-0.05, 0) is 49.2 Å². The average Bonchev–Trinajstić information content (AvgIpc) is 3.39. The average molecular weight is 599 g/mol. The molecule has 0 bridgehead atoms. The van der Waals surface area contributed by atoms with Crippen LogP contribution in [0.2, 0.25) is 5.15 Å². The summed E-state index contributed by atoms with van der Waals surface area (Å²) in [5.74, 6) is -0.233. The van der Waals surface area contributed by atoms with Crippen molar-refractivity contribution in [2.75, 3.05) is 32.0 Å². The van der Waals surface area contributed by atoms with E-state index in [-0.39, 0.29) is 23.4 Å². The summed E-state index contributed by atoms with van der Waals surface area (Å²) in [6.45, 7) is 5.26. The number of hydrogen-bond acceptors (Lipinski definition) is 7. The first-order chi connectivity index (χ1) is 20.7. The van der Waals surface area contributed by atoms with Crippen LogP contribution < -0.4 is 16.2 Å². The third-order valence-corrected chi connectivity index (χ3v) is 8.19. The number of hydrogen-bond donors (Lipinski definition) is 2. The molecule has 1 saturated heterocycles. The van der Waals surface area contributed by atoms with E-state index in [1.165, 1.54) is 0 Å². The van der Waals surface area contributed by atoms with Crippen LogP contribution in [-0.4, -0.2) is 67.7 Å². The number of anilines is 1. The lowest BCUT2D eigenvalue weighted by Gasteiger charge is -2.38. The van der Waals surface area contributed by atoms with Gasteiger partial charge in [-0.15, -0.1) is 0 Å². The summed E-state index contributed by atoms with van der Waals surface area (Å²) in [5, 5.41) is 13.5. The molecule has 1 fully saturated rings. The Kier molecular flexibility index (Phi) is 7.35. The van der Waals surface area contributed by atoms with Gasteiger partial charge >= 0.3 is 0 Å². The fourth-order valence-corrected chi connectivity index (χ4v) is 5.90. The second-order valence-electron chi connectivity index (χ2n) is 10.8. The molecule has 2 amide bonds. The molecule has 220 valence electrons. The highest BCUT2D eigenvalue weighted by atomic mass is 35.5. The number of pyridine rings is 3. The van der Waals surface area contributed by atoms with Gasteiger partial charge in [-0.25, -0.2) is 9.67 Å². The largest absolute Gasteiger partial charge is 0.383 e. The number of carbonyl (C=O) groups excluding carboxylic acids is 2. The Morgan fingerprint density at radius 2 is 1.88 bits per heavy atom. The Balaban J connectivity index is 1.32. The highest BCUT2D eigenvalue weighted by Gasteiger charge is 2.32. The number of aromatic nitrogens is 5. The van der Waals surface area contributed by atoms with Crippen molar-refractivity contribution in [1.82, 2.24) is 34.5 Å². The van der Waals surface area contributed by atoms with Crippen LogP contribution >= 0.6 is 11.6 Å². The zero-order chi connectivity index (χ0) is 30.4. The molecule has 0 radical (unpaired) electrons. The number of nitrogens with zero attached hydrogens (tertiary/aromatic N) is 6. The van der Waals surface area contributed by atoms with Crippen molar-refractivity contribution in [3.8, 4) is 11.3 Å². The molecule has 12 heteroatoms. The number of rotatable bonds is 7. The van der Waals surface area contributed by atoms with Crippen molar-refractivity contribution in [3.63, 3.8) is 0 Å². The number of carbonyl (C=O) groups is 2. The Bertz CT molecular complexity index is 1960. The lowest BCUT2D eigenvalue weighted by atomic mass is 9.98. The van der Waals surface area contributed by atoms with Gasteiger partial charge in [0.2, 0.25) is 5.91 Å². The van der Waals surface area contributed by atoms with Gasteiger partial charge < -0.3 is 15.5 Å². The van der Waals surface area contributed by atoms with E-state index in [2.05, 4.69) is 31.8 Å². The molecule has 43 heavy (non-hydrogen) atoms. The van der Waals surface area contributed by atoms with Gasteiger partial charge in [0.25, 0.3) is 11.5 Å². The molecule has 1 aliphatic heterocycles. The first-order valence-corrected chi connectivity index (χ1v) is 14.4. The topological polar surface area (TPSA) is 127 Å². The zero-order valence-electron chi connectivity index (χ0n) is 24.3. The number of halogens is 1. The van der Waals surface area contributed by atoms with Gasteiger partial charge in [0.15, 0.2) is 0 Å². The Morgan fingerprint density at radius 3 is 2.58 bits per heavy atom. The van der Waals surface area contributed by atoms with Crippen LogP contribution in [-0.2, 0) is 18.3 Å². The van der Waals surface area contributed by atoms with Crippen molar-refractivity contribution < 1.29 is 9.59 Å². The van der Waals surface area contributed by atoms with Crippen LogP contribution in [0, 0.1) is 6.92 Å². The molecule has 0 atom stereocenters. The summed E-state index contributed by atoms with van der Waals surface area (Å²) in [7, 11) is 3.33. The van der Waals surface area contributed by atoms with Crippen LogP contribution in [0.15, 0.2) is 53.6 Å². The normalized spacial score (nSPS) is 13.4. The molecule has 5 heterocycles. The molecule has 11 nitrogen and oxygen atoms in total. The molecule has 0 unspecified atom stereocenters. The molecule has 0 saturated carbocycles. The van der Waals surface area contributed by atoms with E-state index < -0.39 is 0 Å². The Morgan fingerprint density at radius 1 is 1.09 bits per heavy atom. The van der Waals surface area contributed by atoms with Gasteiger partial charge in [-0.1, -0.05) is 23.2 Å². The standard InChI is InChI=1S/C31H31ClN8O3/c1-17-11-19(9-10-34-24-7-8-26(32)37-28(24)20-5-6-25(35-13-20)29(42)33-3)27-22(12-17)31(43)38(4)30-23(27)14-36-40(30)21-15-39(16-21)18(2)41/h5-8,11-14,21,34H,9-10,15-16H2,1-4H3,(H,33,42).